The number of unbranched alkanes of at least 4 members (excludes halogenated alkanes) is 28. The molecule has 212 valence electrons. The van der Waals surface area contributed by atoms with Crippen LogP contribution in [0.2, 0.25) is 0 Å². The van der Waals surface area contributed by atoms with Crippen LogP contribution in [0, 0.1) is 0 Å². The molecule has 0 radical (unpaired) electrons. The van der Waals surface area contributed by atoms with E-state index in [0.29, 0.717) is 0 Å². The number of hydrogen-bond donors (Lipinski definition) is 0. The van der Waals surface area contributed by atoms with Gasteiger partial charge in [0.05, 0.1) is 0 Å². The zero-order chi connectivity index (χ0) is 25.3. The molecular formula is C34H70S. The predicted octanol–water partition coefficient (Wildman–Crippen LogP) is 13.5. The molecule has 0 atom stereocenters. The van der Waals surface area contributed by atoms with Crippen molar-refractivity contribution >= 4 is 11.8 Å². The van der Waals surface area contributed by atoms with Crippen LogP contribution in [0.4, 0.5) is 0 Å². The van der Waals surface area contributed by atoms with Crippen LogP contribution in [0.1, 0.15) is 206 Å². The fourth-order valence-electron chi connectivity index (χ4n) is 5.25. The van der Waals surface area contributed by atoms with Gasteiger partial charge in [0.15, 0.2) is 0 Å². The van der Waals surface area contributed by atoms with Crippen molar-refractivity contribution in [3.8, 4) is 0 Å². The fourth-order valence-corrected chi connectivity index (χ4v) is 6.27. The standard InChI is InChI=1S/C34H70S/c1-3-5-7-9-11-13-15-17-19-20-22-24-26-28-30-32-34-35-33-31-29-27-25-23-21-18-16-14-12-10-8-6-4-2/h3-34H2,1-2H3. The van der Waals surface area contributed by atoms with Gasteiger partial charge in [-0.1, -0.05) is 194 Å². The van der Waals surface area contributed by atoms with Crippen molar-refractivity contribution < 1.29 is 0 Å². The molecule has 0 saturated carbocycles. The minimum absolute atomic E-state index is 1.37. The van der Waals surface area contributed by atoms with Gasteiger partial charge in [-0.2, -0.15) is 11.8 Å². The molecule has 0 aromatic heterocycles. The van der Waals surface area contributed by atoms with E-state index in [1.54, 1.807) is 0 Å². The van der Waals surface area contributed by atoms with Gasteiger partial charge in [-0.25, -0.2) is 0 Å². The summed E-state index contributed by atoms with van der Waals surface area (Å²) in [5, 5.41) is 0. The zero-order valence-electron chi connectivity index (χ0n) is 25.0. The largest absolute Gasteiger partial charge is 0.162 e. The van der Waals surface area contributed by atoms with Crippen LogP contribution in [0.25, 0.3) is 0 Å². The van der Waals surface area contributed by atoms with E-state index in [9.17, 15) is 0 Å². The van der Waals surface area contributed by atoms with Gasteiger partial charge in [-0.15, -0.1) is 0 Å². The lowest BCUT2D eigenvalue weighted by Gasteiger charge is -2.04. The van der Waals surface area contributed by atoms with Crippen LogP contribution < -0.4 is 0 Å². The van der Waals surface area contributed by atoms with Gasteiger partial charge in [0.1, 0.15) is 0 Å². The number of rotatable bonds is 32. The van der Waals surface area contributed by atoms with Crippen molar-refractivity contribution in [3.63, 3.8) is 0 Å². The third-order valence-corrected chi connectivity index (χ3v) is 8.94. The normalized spacial score (nSPS) is 11.5. The molecule has 0 bridgehead atoms. The maximum atomic E-state index is 2.31. The fraction of sp³-hybridized carbons (Fsp3) is 1.00. The van der Waals surface area contributed by atoms with Crippen molar-refractivity contribution in [2.75, 3.05) is 11.5 Å². The summed E-state index contributed by atoms with van der Waals surface area (Å²) < 4.78 is 0. The van der Waals surface area contributed by atoms with Gasteiger partial charge < -0.3 is 0 Å². The van der Waals surface area contributed by atoms with Gasteiger partial charge >= 0.3 is 0 Å². The van der Waals surface area contributed by atoms with Crippen molar-refractivity contribution in [2.24, 2.45) is 0 Å². The Kier molecular flexibility index (Phi) is 34.7. The van der Waals surface area contributed by atoms with Crippen LogP contribution in [0.5, 0.6) is 0 Å². The molecule has 0 aromatic carbocycles. The summed E-state index contributed by atoms with van der Waals surface area (Å²) in [5.74, 6) is 2.83. The quantitative estimate of drug-likeness (QED) is 0.0810. The maximum Gasteiger partial charge on any atom is -0.00675 e. The number of thioether (sulfide) groups is 1. The lowest BCUT2D eigenvalue weighted by atomic mass is 10.0. The molecule has 0 aliphatic carbocycles. The first-order valence-corrected chi connectivity index (χ1v) is 18.1. The maximum absolute atomic E-state index is 2.31. The van der Waals surface area contributed by atoms with E-state index in [1.807, 2.05) is 0 Å². The SMILES string of the molecule is CCCCCCCCCCCCCCCCCCSCCCCCCCCCCCCCCCC. The van der Waals surface area contributed by atoms with Crippen LogP contribution in [0.15, 0.2) is 0 Å². The molecule has 0 heterocycles. The van der Waals surface area contributed by atoms with E-state index in [0.717, 1.165) is 0 Å². The third-order valence-electron chi connectivity index (χ3n) is 7.78. The van der Waals surface area contributed by atoms with Gasteiger partial charge in [-0.05, 0) is 24.3 Å². The summed E-state index contributed by atoms with van der Waals surface area (Å²) in [6.07, 6.45) is 44.2. The van der Waals surface area contributed by atoms with Crippen molar-refractivity contribution in [2.45, 2.75) is 206 Å². The van der Waals surface area contributed by atoms with Gasteiger partial charge in [0, 0.05) is 0 Å². The second kappa shape index (κ2) is 34.4. The summed E-state index contributed by atoms with van der Waals surface area (Å²) in [7, 11) is 0. The van der Waals surface area contributed by atoms with E-state index >= 15 is 0 Å². The molecule has 0 aliphatic rings. The van der Waals surface area contributed by atoms with Crippen molar-refractivity contribution in [3.05, 3.63) is 0 Å². The Morgan fingerprint density at radius 3 is 0.600 bits per heavy atom. The molecule has 0 amide bonds. The molecule has 35 heavy (non-hydrogen) atoms. The second-order valence-corrected chi connectivity index (χ2v) is 12.7. The third kappa shape index (κ3) is 34.4. The summed E-state index contributed by atoms with van der Waals surface area (Å²) >= 11 is 2.22. The van der Waals surface area contributed by atoms with Gasteiger partial charge in [0.25, 0.3) is 0 Å². The Morgan fingerprint density at radius 1 is 0.229 bits per heavy atom. The first-order valence-electron chi connectivity index (χ1n) is 17.0. The first-order chi connectivity index (χ1) is 17.4. The summed E-state index contributed by atoms with van der Waals surface area (Å²) in [6, 6.07) is 0. The molecule has 0 fully saturated rings. The Morgan fingerprint density at radius 2 is 0.400 bits per heavy atom. The molecule has 0 unspecified atom stereocenters. The first kappa shape index (κ1) is 35.4. The van der Waals surface area contributed by atoms with Crippen LogP contribution in [-0.2, 0) is 0 Å². The number of hydrogen-bond acceptors (Lipinski definition) is 1. The van der Waals surface area contributed by atoms with E-state index in [1.165, 1.54) is 204 Å². The Bertz CT molecular complexity index is 307. The Balaban J connectivity index is 3.00. The topological polar surface area (TPSA) is 0 Å². The monoisotopic (exact) mass is 511 g/mol. The molecule has 0 nitrogen and oxygen atoms in total. The van der Waals surface area contributed by atoms with Crippen LogP contribution in [-0.4, -0.2) is 11.5 Å². The van der Waals surface area contributed by atoms with Crippen LogP contribution >= 0.6 is 11.8 Å². The van der Waals surface area contributed by atoms with Crippen molar-refractivity contribution in [1.82, 2.24) is 0 Å². The summed E-state index contributed by atoms with van der Waals surface area (Å²) in [5.41, 5.74) is 0. The lowest BCUT2D eigenvalue weighted by molar-refractivity contribution is 0.531. The molecular weight excluding hydrogens is 440 g/mol. The lowest BCUT2D eigenvalue weighted by Crippen LogP contribution is -1.87. The smallest absolute Gasteiger partial charge is 0.00675 e. The average molecular weight is 511 g/mol. The minimum atomic E-state index is 1.37. The van der Waals surface area contributed by atoms with E-state index in [4.69, 9.17) is 0 Å². The minimum Gasteiger partial charge on any atom is -0.162 e. The average Bonchev–Trinajstić information content (AvgIpc) is 2.87. The van der Waals surface area contributed by atoms with Crippen molar-refractivity contribution in [1.29, 1.82) is 0 Å². The molecule has 0 spiro atoms. The highest BCUT2D eigenvalue weighted by molar-refractivity contribution is 7.99. The molecule has 0 aliphatic heterocycles. The zero-order valence-corrected chi connectivity index (χ0v) is 25.9. The molecule has 0 N–H and O–H groups in total. The van der Waals surface area contributed by atoms with Gasteiger partial charge in [-0.3, -0.25) is 0 Å². The summed E-state index contributed by atoms with van der Waals surface area (Å²) in [4.78, 5) is 0. The highest BCUT2D eigenvalue weighted by Crippen LogP contribution is 2.16. The van der Waals surface area contributed by atoms with Gasteiger partial charge in [0.2, 0.25) is 0 Å². The molecule has 1 heteroatoms. The Labute approximate surface area is 229 Å². The van der Waals surface area contributed by atoms with Crippen LogP contribution in [0.3, 0.4) is 0 Å². The highest BCUT2D eigenvalue weighted by atomic mass is 32.2. The molecule has 0 saturated heterocycles. The van der Waals surface area contributed by atoms with E-state index in [-0.39, 0.29) is 0 Å². The molecule has 0 rings (SSSR count). The second-order valence-electron chi connectivity index (χ2n) is 11.5. The highest BCUT2D eigenvalue weighted by Gasteiger charge is 1.97. The molecule has 0 aromatic rings. The summed E-state index contributed by atoms with van der Waals surface area (Å²) in [6.45, 7) is 4.61. The predicted molar refractivity (Wildman–Crippen MR) is 167 cm³/mol. The van der Waals surface area contributed by atoms with E-state index in [2.05, 4.69) is 25.6 Å². The Hall–Kier alpha value is 0.350. The van der Waals surface area contributed by atoms with E-state index < -0.39 is 0 Å².